The van der Waals surface area contributed by atoms with Gasteiger partial charge in [-0.15, -0.1) is 0 Å². The molecule has 3 nitrogen and oxygen atoms in total. The van der Waals surface area contributed by atoms with Crippen molar-refractivity contribution in [3.8, 4) is 0 Å². The van der Waals surface area contributed by atoms with E-state index in [1.807, 2.05) is 11.7 Å². The Labute approximate surface area is 125 Å². The molecule has 4 heteroatoms. The lowest BCUT2D eigenvalue weighted by molar-refractivity contribution is 0.636. The zero-order valence-corrected chi connectivity index (χ0v) is 13.3. The molecule has 0 aliphatic rings. The second-order valence-corrected chi connectivity index (χ2v) is 5.66. The summed E-state index contributed by atoms with van der Waals surface area (Å²) < 4.78 is 1.85. The van der Waals surface area contributed by atoms with Crippen LogP contribution in [0.1, 0.15) is 41.0 Å². The monoisotopic (exact) mass is 291 g/mol. The standard InChI is InChI=1S/C16H22ClN3/c1-5-14-16(17)15(20(4)19-14)9-13(18)12-8-6-7-10(2)11(12)3/h6-8,13H,5,9,18H2,1-4H3. The third-order valence-electron chi connectivity index (χ3n) is 3.96. The van der Waals surface area contributed by atoms with E-state index in [1.165, 1.54) is 16.7 Å². The van der Waals surface area contributed by atoms with E-state index in [4.69, 9.17) is 17.3 Å². The molecule has 0 saturated heterocycles. The molecule has 0 bridgehead atoms. The summed E-state index contributed by atoms with van der Waals surface area (Å²) >= 11 is 6.39. The number of hydrogen-bond donors (Lipinski definition) is 1. The minimum absolute atomic E-state index is 0.0625. The Balaban J connectivity index is 2.30. The van der Waals surface area contributed by atoms with Gasteiger partial charge in [0.05, 0.1) is 16.4 Å². The van der Waals surface area contributed by atoms with Crippen molar-refractivity contribution in [2.24, 2.45) is 12.8 Å². The maximum absolute atomic E-state index is 6.39. The van der Waals surface area contributed by atoms with Crippen molar-refractivity contribution in [3.05, 3.63) is 51.3 Å². The van der Waals surface area contributed by atoms with Crippen molar-refractivity contribution in [2.75, 3.05) is 0 Å². The van der Waals surface area contributed by atoms with Crippen molar-refractivity contribution in [1.82, 2.24) is 9.78 Å². The van der Waals surface area contributed by atoms with Crippen LogP contribution in [0.2, 0.25) is 5.02 Å². The van der Waals surface area contributed by atoms with Crippen LogP contribution in [0.25, 0.3) is 0 Å². The summed E-state index contributed by atoms with van der Waals surface area (Å²) in [4.78, 5) is 0. The summed E-state index contributed by atoms with van der Waals surface area (Å²) in [5.74, 6) is 0. The van der Waals surface area contributed by atoms with Gasteiger partial charge in [-0.2, -0.15) is 5.10 Å². The summed E-state index contributed by atoms with van der Waals surface area (Å²) in [6.07, 6.45) is 1.54. The lowest BCUT2D eigenvalue weighted by atomic mass is 9.95. The minimum atomic E-state index is -0.0625. The van der Waals surface area contributed by atoms with E-state index in [9.17, 15) is 0 Å². The third kappa shape index (κ3) is 2.74. The molecule has 1 aromatic carbocycles. The average Bonchev–Trinajstić information content (AvgIpc) is 2.69. The molecule has 0 aliphatic heterocycles. The van der Waals surface area contributed by atoms with E-state index in [0.717, 1.165) is 22.8 Å². The number of aryl methyl sites for hydroxylation is 3. The molecule has 0 radical (unpaired) electrons. The van der Waals surface area contributed by atoms with Gasteiger partial charge in [-0.3, -0.25) is 4.68 Å². The Kier molecular flexibility index (Phi) is 4.51. The molecule has 1 aromatic heterocycles. The highest BCUT2D eigenvalue weighted by atomic mass is 35.5. The van der Waals surface area contributed by atoms with Crippen LogP contribution < -0.4 is 5.73 Å². The van der Waals surface area contributed by atoms with Gasteiger partial charge in [-0.25, -0.2) is 0 Å². The van der Waals surface area contributed by atoms with Crippen molar-refractivity contribution in [2.45, 2.75) is 39.7 Å². The second-order valence-electron chi connectivity index (χ2n) is 5.28. The van der Waals surface area contributed by atoms with Crippen molar-refractivity contribution in [3.63, 3.8) is 0 Å². The molecule has 2 aromatic rings. The first-order valence-electron chi connectivity index (χ1n) is 6.97. The van der Waals surface area contributed by atoms with E-state index < -0.39 is 0 Å². The van der Waals surface area contributed by atoms with E-state index >= 15 is 0 Å². The fraction of sp³-hybridized carbons (Fsp3) is 0.438. The lowest BCUT2D eigenvalue weighted by Gasteiger charge is -2.16. The van der Waals surface area contributed by atoms with E-state index in [-0.39, 0.29) is 6.04 Å². The molecule has 108 valence electrons. The van der Waals surface area contributed by atoms with Crippen molar-refractivity contribution >= 4 is 11.6 Å². The zero-order valence-electron chi connectivity index (χ0n) is 12.6. The number of hydrogen-bond acceptors (Lipinski definition) is 2. The van der Waals surface area contributed by atoms with Gasteiger partial charge >= 0.3 is 0 Å². The molecule has 0 spiro atoms. The fourth-order valence-electron chi connectivity index (χ4n) is 2.54. The number of benzene rings is 1. The molecule has 1 heterocycles. The minimum Gasteiger partial charge on any atom is -0.324 e. The summed E-state index contributed by atoms with van der Waals surface area (Å²) in [5.41, 5.74) is 12.0. The summed E-state index contributed by atoms with van der Waals surface area (Å²) in [7, 11) is 1.93. The first-order chi connectivity index (χ1) is 9.45. The molecule has 0 amide bonds. The Morgan fingerprint density at radius 1 is 1.35 bits per heavy atom. The largest absolute Gasteiger partial charge is 0.324 e. The van der Waals surface area contributed by atoms with Crippen LogP contribution >= 0.6 is 11.6 Å². The smallest absolute Gasteiger partial charge is 0.0850 e. The van der Waals surface area contributed by atoms with Gasteiger partial charge in [0.15, 0.2) is 0 Å². The SMILES string of the molecule is CCc1nn(C)c(CC(N)c2cccc(C)c2C)c1Cl. The molecular weight excluding hydrogens is 270 g/mol. The number of aromatic nitrogens is 2. The Bertz CT molecular complexity index is 616. The maximum Gasteiger partial charge on any atom is 0.0850 e. The van der Waals surface area contributed by atoms with Crippen LogP contribution in [0.3, 0.4) is 0 Å². The first-order valence-corrected chi connectivity index (χ1v) is 7.35. The molecule has 2 N–H and O–H groups in total. The highest BCUT2D eigenvalue weighted by Gasteiger charge is 2.18. The normalized spacial score (nSPS) is 12.7. The number of halogens is 1. The van der Waals surface area contributed by atoms with Crippen LogP contribution in [0.15, 0.2) is 18.2 Å². The maximum atomic E-state index is 6.39. The third-order valence-corrected chi connectivity index (χ3v) is 4.40. The predicted octanol–water partition coefficient (Wildman–Crippen LogP) is 3.50. The van der Waals surface area contributed by atoms with Gasteiger partial charge in [0, 0.05) is 19.5 Å². The Hall–Kier alpha value is -1.32. The van der Waals surface area contributed by atoms with Crippen LogP contribution in [-0.2, 0) is 19.9 Å². The molecule has 2 rings (SSSR count). The van der Waals surface area contributed by atoms with E-state index in [2.05, 4.69) is 44.1 Å². The van der Waals surface area contributed by atoms with Gasteiger partial charge in [-0.05, 0) is 37.0 Å². The quantitative estimate of drug-likeness (QED) is 0.937. The first kappa shape index (κ1) is 15.1. The molecule has 0 aliphatic carbocycles. The molecule has 1 unspecified atom stereocenters. The molecule has 0 fully saturated rings. The summed E-state index contributed by atoms with van der Waals surface area (Å²) in [6.45, 7) is 6.28. The van der Waals surface area contributed by atoms with E-state index in [0.29, 0.717) is 6.42 Å². The number of rotatable bonds is 4. The molecule has 20 heavy (non-hydrogen) atoms. The van der Waals surface area contributed by atoms with Gasteiger partial charge in [-0.1, -0.05) is 36.7 Å². The predicted molar refractivity (Wildman–Crippen MR) is 84.1 cm³/mol. The van der Waals surface area contributed by atoms with Gasteiger partial charge in [0.25, 0.3) is 0 Å². The highest BCUT2D eigenvalue weighted by Crippen LogP contribution is 2.27. The molecule has 0 saturated carbocycles. The van der Waals surface area contributed by atoms with Gasteiger partial charge in [0.1, 0.15) is 0 Å². The van der Waals surface area contributed by atoms with Gasteiger partial charge in [0.2, 0.25) is 0 Å². The topological polar surface area (TPSA) is 43.8 Å². The van der Waals surface area contributed by atoms with Crippen LogP contribution in [0.5, 0.6) is 0 Å². The number of nitrogens with zero attached hydrogens (tertiary/aromatic N) is 2. The van der Waals surface area contributed by atoms with Gasteiger partial charge < -0.3 is 5.73 Å². The fourth-order valence-corrected chi connectivity index (χ4v) is 2.91. The average molecular weight is 292 g/mol. The molecular formula is C16H22ClN3. The second kappa shape index (κ2) is 5.98. The van der Waals surface area contributed by atoms with Crippen LogP contribution in [0, 0.1) is 13.8 Å². The molecule has 1 atom stereocenters. The summed E-state index contributed by atoms with van der Waals surface area (Å²) in [6, 6.07) is 6.20. The van der Waals surface area contributed by atoms with Crippen LogP contribution in [-0.4, -0.2) is 9.78 Å². The van der Waals surface area contributed by atoms with Crippen molar-refractivity contribution < 1.29 is 0 Å². The van der Waals surface area contributed by atoms with E-state index in [1.54, 1.807) is 0 Å². The van der Waals surface area contributed by atoms with Crippen molar-refractivity contribution in [1.29, 1.82) is 0 Å². The lowest BCUT2D eigenvalue weighted by Crippen LogP contribution is -2.17. The Morgan fingerprint density at radius 3 is 2.65 bits per heavy atom. The highest BCUT2D eigenvalue weighted by molar-refractivity contribution is 6.31. The Morgan fingerprint density at radius 2 is 2.05 bits per heavy atom. The number of nitrogens with two attached hydrogens (primary N) is 1. The summed E-state index contributed by atoms with van der Waals surface area (Å²) in [5, 5.41) is 5.20. The zero-order chi connectivity index (χ0) is 14.9. The van der Waals surface area contributed by atoms with Crippen LogP contribution in [0.4, 0.5) is 0 Å².